The maximum absolute atomic E-state index is 13.2. The van der Waals surface area contributed by atoms with Gasteiger partial charge in [-0.3, -0.25) is 0 Å². The third-order valence-corrected chi connectivity index (χ3v) is 2.46. The van der Waals surface area contributed by atoms with Crippen LogP contribution >= 0.6 is 0 Å². The summed E-state index contributed by atoms with van der Waals surface area (Å²) >= 11 is 0. The van der Waals surface area contributed by atoms with E-state index in [9.17, 15) is 22.7 Å². The number of hydrogen-bond acceptors (Lipinski definition) is 3. The van der Waals surface area contributed by atoms with Crippen LogP contribution in [0.3, 0.4) is 0 Å². The van der Waals surface area contributed by atoms with Gasteiger partial charge in [-0.25, -0.2) is 4.39 Å². The lowest BCUT2D eigenvalue weighted by Crippen LogP contribution is -2.32. The van der Waals surface area contributed by atoms with E-state index in [4.69, 9.17) is 4.74 Å². The van der Waals surface area contributed by atoms with Gasteiger partial charge < -0.3 is 15.2 Å². The van der Waals surface area contributed by atoms with Gasteiger partial charge in [0.05, 0.1) is 0 Å². The molecule has 114 valence electrons. The minimum Gasteiger partial charge on any atom is -0.488 e. The summed E-state index contributed by atoms with van der Waals surface area (Å²) in [7, 11) is 0. The summed E-state index contributed by atoms with van der Waals surface area (Å²) in [5.41, 5.74) is 0. The zero-order chi connectivity index (χ0) is 15.0. The number of ether oxygens (including phenoxy) is 1. The fourth-order valence-electron chi connectivity index (χ4n) is 1.49. The number of aliphatic hydroxyl groups is 1. The van der Waals surface area contributed by atoms with Gasteiger partial charge >= 0.3 is 6.18 Å². The van der Waals surface area contributed by atoms with Gasteiger partial charge in [0.15, 0.2) is 11.6 Å². The molecule has 0 amide bonds. The summed E-state index contributed by atoms with van der Waals surface area (Å²) in [4.78, 5) is 0. The van der Waals surface area contributed by atoms with Gasteiger partial charge in [-0.2, -0.15) is 13.2 Å². The number of alkyl halides is 3. The fraction of sp³-hybridized carbons (Fsp3) is 0.538. The molecule has 0 aromatic heterocycles. The molecule has 1 aromatic carbocycles. The van der Waals surface area contributed by atoms with Crippen LogP contribution < -0.4 is 10.1 Å². The summed E-state index contributed by atoms with van der Waals surface area (Å²) in [5.74, 6) is -0.499. The summed E-state index contributed by atoms with van der Waals surface area (Å²) in [6.07, 6.45) is -5.99. The molecule has 0 fully saturated rings. The fourth-order valence-corrected chi connectivity index (χ4v) is 1.49. The highest BCUT2D eigenvalue weighted by atomic mass is 19.4. The maximum Gasteiger partial charge on any atom is 0.389 e. The second-order valence-corrected chi connectivity index (χ2v) is 4.32. The van der Waals surface area contributed by atoms with Crippen molar-refractivity contribution in [3.63, 3.8) is 0 Å². The molecule has 0 saturated heterocycles. The predicted molar refractivity (Wildman–Crippen MR) is 66.1 cm³/mol. The number of hydrogen-bond donors (Lipinski definition) is 2. The largest absolute Gasteiger partial charge is 0.488 e. The van der Waals surface area contributed by atoms with Crippen LogP contribution in [0.2, 0.25) is 0 Å². The van der Waals surface area contributed by atoms with Crippen molar-refractivity contribution < 1.29 is 27.4 Å². The first-order valence-electron chi connectivity index (χ1n) is 6.21. The molecule has 0 aliphatic rings. The molecule has 0 spiro atoms. The number of benzene rings is 1. The molecule has 1 atom stereocenters. The maximum atomic E-state index is 13.2. The molecule has 0 aliphatic heterocycles. The molecule has 20 heavy (non-hydrogen) atoms. The van der Waals surface area contributed by atoms with Crippen molar-refractivity contribution in [1.82, 2.24) is 5.32 Å². The van der Waals surface area contributed by atoms with Crippen LogP contribution in [-0.4, -0.2) is 37.1 Å². The number of rotatable bonds is 8. The van der Waals surface area contributed by atoms with Crippen LogP contribution in [0.5, 0.6) is 5.75 Å². The van der Waals surface area contributed by atoms with Gasteiger partial charge in [-0.15, -0.1) is 0 Å². The topological polar surface area (TPSA) is 41.5 Å². The highest BCUT2D eigenvalue weighted by Gasteiger charge is 2.25. The smallest absolute Gasteiger partial charge is 0.389 e. The Hall–Kier alpha value is -1.34. The molecule has 2 N–H and O–H groups in total. The van der Waals surface area contributed by atoms with E-state index in [1.165, 1.54) is 18.2 Å². The van der Waals surface area contributed by atoms with Crippen molar-refractivity contribution in [2.45, 2.75) is 25.1 Å². The second kappa shape index (κ2) is 8.06. The number of nitrogens with one attached hydrogen (secondary N) is 1. The number of aliphatic hydroxyl groups excluding tert-OH is 1. The van der Waals surface area contributed by atoms with Crippen LogP contribution in [0.4, 0.5) is 17.6 Å². The molecule has 3 nitrogen and oxygen atoms in total. The molecule has 0 saturated carbocycles. The van der Waals surface area contributed by atoms with Gasteiger partial charge in [0.25, 0.3) is 0 Å². The first-order valence-corrected chi connectivity index (χ1v) is 6.21. The van der Waals surface area contributed by atoms with Crippen molar-refractivity contribution in [3.8, 4) is 5.75 Å². The van der Waals surface area contributed by atoms with Crippen LogP contribution in [0.25, 0.3) is 0 Å². The molecule has 0 bridgehead atoms. The zero-order valence-electron chi connectivity index (χ0n) is 10.8. The lowest BCUT2D eigenvalue weighted by molar-refractivity contribution is -0.135. The third kappa shape index (κ3) is 7.30. The van der Waals surface area contributed by atoms with Crippen LogP contribution in [0, 0.1) is 5.82 Å². The molecular weight excluding hydrogens is 278 g/mol. The molecule has 1 rings (SSSR count). The summed E-state index contributed by atoms with van der Waals surface area (Å²) < 4.78 is 53.8. The molecule has 0 heterocycles. The Balaban J connectivity index is 2.12. The van der Waals surface area contributed by atoms with E-state index < -0.39 is 24.5 Å². The second-order valence-electron chi connectivity index (χ2n) is 4.32. The highest BCUT2D eigenvalue weighted by Crippen LogP contribution is 2.20. The first-order chi connectivity index (χ1) is 9.38. The molecule has 0 radical (unpaired) electrons. The Morgan fingerprint density at radius 1 is 1.25 bits per heavy atom. The average molecular weight is 295 g/mol. The lowest BCUT2D eigenvalue weighted by Gasteiger charge is -2.14. The zero-order valence-corrected chi connectivity index (χ0v) is 10.8. The average Bonchev–Trinajstić information content (AvgIpc) is 2.36. The Morgan fingerprint density at radius 2 is 1.95 bits per heavy atom. The minimum atomic E-state index is -4.16. The molecule has 0 aliphatic carbocycles. The first kappa shape index (κ1) is 16.7. The highest BCUT2D eigenvalue weighted by molar-refractivity contribution is 5.23. The normalized spacial score (nSPS) is 13.2. The summed E-state index contributed by atoms with van der Waals surface area (Å²) in [5, 5.41) is 12.2. The monoisotopic (exact) mass is 295 g/mol. The Morgan fingerprint density at radius 3 is 2.60 bits per heavy atom. The van der Waals surface area contributed by atoms with Crippen molar-refractivity contribution in [2.24, 2.45) is 0 Å². The van der Waals surface area contributed by atoms with E-state index in [0.29, 0.717) is 0 Å². The predicted octanol–water partition coefficient (Wildman–Crippen LogP) is 2.50. The van der Waals surface area contributed by atoms with Crippen molar-refractivity contribution in [2.75, 3.05) is 19.7 Å². The molecular formula is C13H17F4NO2. The quantitative estimate of drug-likeness (QED) is 0.572. The third-order valence-electron chi connectivity index (χ3n) is 2.46. The van der Waals surface area contributed by atoms with E-state index in [1.54, 1.807) is 6.07 Å². The van der Waals surface area contributed by atoms with Crippen LogP contribution in [-0.2, 0) is 0 Å². The van der Waals surface area contributed by atoms with Gasteiger partial charge in [-0.1, -0.05) is 12.1 Å². The van der Waals surface area contributed by atoms with Crippen LogP contribution in [0.15, 0.2) is 24.3 Å². The van der Waals surface area contributed by atoms with E-state index >= 15 is 0 Å². The van der Waals surface area contributed by atoms with E-state index in [0.717, 1.165) is 0 Å². The Bertz CT molecular complexity index is 398. The molecule has 1 aromatic rings. The lowest BCUT2D eigenvalue weighted by atomic mass is 10.3. The van der Waals surface area contributed by atoms with Gasteiger partial charge in [0.2, 0.25) is 0 Å². The SMILES string of the molecule is OC(CNCCCC(F)(F)F)COc1ccccc1F. The molecule has 7 heteroatoms. The van der Waals surface area contributed by atoms with Gasteiger partial charge in [0, 0.05) is 13.0 Å². The van der Waals surface area contributed by atoms with Crippen molar-refractivity contribution in [1.29, 1.82) is 0 Å². The van der Waals surface area contributed by atoms with Crippen molar-refractivity contribution >= 4 is 0 Å². The summed E-state index contributed by atoms with van der Waals surface area (Å²) in [6, 6.07) is 5.77. The Kier molecular flexibility index (Phi) is 6.74. The van der Waals surface area contributed by atoms with Gasteiger partial charge in [0.1, 0.15) is 12.7 Å². The van der Waals surface area contributed by atoms with E-state index in [1.807, 2.05) is 0 Å². The number of para-hydroxylation sites is 1. The summed E-state index contributed by atoms with van der Waals surface area (Å²) in [6.45, 7) is 0.107. The van der Waals surface area contributed by atoms with E-state index in [-0.39, 0.29) is 31.9 Å². The van der Waals surface area contributed by atoms with Crippen molar-refractivity contribution in [3.05, 3.63) is 30.1 Å². The van der Waals surface area contributed by atoms with Crippen LogP contribution in [0.1, 0.15) is 12.8 Å². The minimum absolute atomic E-state index is 0.0311. The molecule has 1 unspecified atom stereocenters. The standard InChI is InChI=1S/C13H17F4NO2/c14-11-4-1-2-5-12(11)20-9-10(19)8-18-7-3-6-13(15,16)17/h1-2,4-5,10,18-19H,3,6-9H2. The van der Waals surface area contributed by atoms with E-state index in [2.05, 4.69) is 5.32 Å². The Labute approximate surface area is 114 Å². The van der Waals surface area contributed by atoms with Gasteiger partial charge in [-0.05, 0) is 25.1 Å². The number of halogens is 4.